The van der Waals surface area contributed by atoms with Gasteiger partial charge in [-0.25, -0.2) is 9.78 Å². The molecule has 5 rings (SSSR count). The Morgan fingerprint density at radius 3 is 2.33 bits per heavy atom. The minimum absolute atomic E-state index is 0.0186. The smallest absolute Gasteiger partial charge is 0.326 e. The van der Waals surface area contributed by atoms with E-state index in [9.17, 15) is 22.8 Å². The lowest BCUT2D eigenvalue weighted by Gasteiger charge is -2.13. The van der Waals surface area contributed by atoms with E-state index in [2.05, 4.69) is 26.1 Å². The van der Waals surface area contributed by atoms with Crippen LogP contribution in [0.4, 0.5) is 29.6 Å². The van der Waals surface area contributed by atoms with Crippen LogP contribution in [0.25, 0.3) is 22.2 Å². The number of hydroxylamine groups is 1. The van der Waals surface area contributed by atoms with Crippen LogP contribution in [-0.4, -0.2) is 22.0 Å². The summed E-state index contributed by atoms with van der Waals surface area (Å²) >= 11 is 0. The molecular weight excluding hydrogens is 523 g/mol. The summed E-state index contributed by atoms with van der Waals surface area (Å²) in [5, 5.41) is 5.48. The van der Waals surface area contributed by atoms with Crippen LogP contribution in [0.2, 0.25) is 0 Å². The second-order valence-corrected chi connectivity index (χ2v) is 8.73. The highest BCUT2D eigenvalue weighted by Crippen LogP contribution is 2.39. The Morgan fingerprint density at radius 2 is 1.60 bits per heavy atom. The molecule has 1 aromatic heterocycles. The van der Waals surface area contributed by atoms with Gasteiger partial charge in [0.1, 0.15) is 0 Å². The molecule has 8 nitrogen and oxygen atoms in total. The fourth-order valence-corrected chi connectivity index (χ4v) is 4.04. The average molecular weight is 546 g/mol. The van der Waals surface area contributed by atoms with Crippen LogP contribution in [0.5, 0.6) is 0 Å². The summed E-state index contributed by atoms with van der Waals surface area (Å²) in [7, 11) is 0. The number of aromatic nitrogens is 2. The van der Waals surface area contributed by atoms with Gasteiger partial charge >= 0.3 is 12.3 Å². The van der Waals surface area contributed by atoms with E-state index >= 15 is 0 Å². The van der Waals surface area contributed by atoms with Crippen LogP contribution in [0.3, 0.4) is 0 Å². The number of H-pyrrole nitrogens is 1. The minimum Gasteiger partial charge on any atom is -0.326 e. The molecule has 0 spiro atoms. The van der Waals surface area contributed by atoms with Gasteiger partial charge in [-0.05, 0) is 47.0 Å². The number of fused-ring (bicyclic) bond motifs is 1. The number of nitrogens with zero attached hydrogens (tertiary/aromatic N) is 1. The van der Waals surface area contributed by atoms with Crippen molar-refractivity contribution in [1.29, 1.82) is 0 Å². The molecule has 202 valence electrons. The van der Waals surface area contributed by atoms with Crippen LogP contribution in [-0.2, 0) is 17.6 Å². The first kappa shape index (κ1) is 26.3. The lowest BCUT2D eigenvalue weighted by atomic mass is 9.98. The monoisotopic (exact) mass is 545 g/mol. The van der Waals surface area contributed by atoms with Crippen LogP contribution in [0.15, 0.2) is 97.1 Å². The van der Waals surface area contributed by atoms with Gasteiger partial charge in [0.05, 0.1) is 16.6 Å². The van der Waals surface area contributed by atoms with Crippen molar-refractivity contribution in [2.75, 3.05) is 5.32 Å². The maximum atomic E-state index is 13.8. The number of hydrogen-bond acceptors (Lipinski definition) is 5. The Morgan fingerprint density at radius 1 is 0.875 bits per heavy atom. The minimum atomic E-state index is -4.57. The number of halogens is 3. The number of carbonyl (C=O) groups is 2. The topological polar surface area (TPSA) is 108 Å². The molecular formula is C29H22F3N5O3. The standard InChI is InChI=1S/C29H22F3N5O3/c30-29(31,32)23-16-25-24(15-22(23)19-10-5-2-6-11-19)35-27(36-25)34-21-13-7-12-20(14-21)26(38)37-40-28(39)33-17-18-8-3-1-4-9-18/h1-16H,17H2,(H,33,39)(H,37,38)(H2,34,35,36). The largest absolute Gasteiger partial charge is 0.431 e. The lowest BCUT2D eigenvalue weighted by molar-refractivity contribution is -0.137. The van der Waals surface area contributed by atoms with Gasteiger partial charge in [0, 0.05) is 17.8 Å². The van der Waals surface area contributed by atoms with Gasteiger partial charge in [-0.3, -0.25) is 4.79 Å². The Balaban J connectivity index is 1.28. The highest BCUT2D eigenvalue weighted by molar-refractivity contribution is 5.95. The van der Waals surface area contributed by atoms with Gasteiger partial charge in [0.15, 0.2) is 0 Å². The molecule has 0 atom stereocenters. The molecule has 0 saturated heterocycles. The number of hydrogen-bond donors (Lipinski definition) is 4. The molecule has 0 unspecified atom stereocenters. The molecule has 0 fully saturated rings. The summed E-state index contributed by atoms with van der Waals surface area (Å²) in [6.07, 6.45) is -5.40. The predicted molar refractivity (Wildman–Crippen MR) is 143 cm³/mol. The molecule has 4 aromatic carbocycles. The van der Waals surface area contributed by atoms with E-state index in [1.54, 1.807) is 42.5 Å². The maximum absolute atomic E-state index is 13.8. The molecule has 40 heavy (non-hydrogen) atoms. The first-order chi connectivity index (χ1) is 19.3. The third-order valence-corrected chi connectivity index (χ3v) is 5.91. The molecule has 4 N–H and O–H groups in total. The van der Waals surface area contributed by atoms with E-state index in [4.69, 9.17) is 4.84 Å². The fraction of sp³-hybridized carbons (Fsp3) is 0.0690. The Bertz CT molecular complexity index is 1650. The van der Waals surface area contributed by atoms with E-state index in [1.807, 2.05) is 30.3 Å². The quantitative estimate of drug-likeness (QED) is 0.181. The van der Waals surface area contributed by atoms with Crippen LogP contribution >= 0.6 is 0 Å². The zero-order valence-corrected chi connectivity index (χ0v) is 20.8. The van der Waals surface area contributed by atoms with E-state index in [0.29, 0.717) is 16.8 Å². The molecule has 0 aliphatic rings. The highest BCUT2D eigenvalue weighted by atomic mass is 19.4. The molecule has 11 heteroatoms. The normalized spacial score (nSPS) is 11.2. The first-order valence-electron chi connectivity index (χ1n) is 12.1. The van der Waals surface area contributed by atoms with Crippen LogP contribution in [0, 0.1) is 0 Å². The third-order valence-electron chi connectivity index (χ3n) is 5.91. The molecule has 2 amide bonds. The number of aromatic amines is 1. The number of carbonyl (C=O) groups excluding carboxylic acids is 2. The fourth-order valence-electron chi connectivity index (χ4n) is 4.04. The van der Waals surface area contributed by atoms with E-state index < -0.39 is 23.7 Å². The second kappa shape index (κ2) is 11.2. The third kappa shape index (κ3) is 6.21. The number of benzene rings is 4. The van der Waals surface area contributed by atoms with E-state index in [-0.39, 0.29) is 29.1 Å². The number of nitrogens with one attached hydrogen (secondary N) is 4. The SMILES string of the molecule is O=C(NCc1ccccc1)ONC(=O)c1cccc(Nc2nc3cc(-c4ccccc4)c(C(F)(F)F)cc3[nH]2)c1. The zero-order valence-electron chi connectivity index (χ0n) is 20.8. The number of anilines is 2. The average Bonchev–Trinajstić information content (AvgIpc) is 3.36. The number of amides is 2. The summed E-state index contributed by atoms with van der Waals surface area (Å²) in [5.74, 6) is -0.493. The highest BCUT2D eigenvalue weighted by Gasteiger charge is 2.34. The maximum Gasteiger partial charge on any atom is 0.431 e. The Labute approximate surface area is 226 Å². The van der Waals surface area contributed by atoms with E-state index in [1.165, 1.54) is 18.2 Å². The molecule has 0 aliphatic heterocycles. The van der Waals surface area contributed by atoms with Gasteiger partial charge < -0.3 is 20.5 Å². The van der Waals surface area contributed by atoms with Gasteiger partial charge in [-0.1, -0.05) is 66.7 Å². The van der Waals surface area contributed by atoms with Crippen molar-refractivity contribution in [2.45, 2.75) is 12.7 Å². The summed E-state index contributed by atoms with van der Waals surface area (Å²) in [6, 6.07) is 26.1. The summed E-state index contributed by atoms with van der Waals surface area (Å²) in [6.45, 7) is 0.226. The van der Waals surface area contributed by atoms with Gasteiger partial charge in [-0.2, -0.15) is 18.7 Å². The summed E-state index contributed by atoms with van der Waals surface area (Å²) in [4.78, 5) is 36.4. The Kier molecular flexibility index (Phi) is 7.36. The van der Waals surface area contributed by atoms with Crippen LogP contribution in [0.1, 0.15) is 21.5 Å². The van der Waals surface area contributed by atoms with Crippen LogP contribution < -0.4 is 16.1 Å². The van der Waals surface area contributed by atoms with Crippen molar-refractivity contribution in [3.63, 3.8) is 0 Å². The first-order valence-corrected chi connectivity index (χ1v) is 12.1. The van der Waals surface area contributed by atoms with Crippen molar-refractivity contribution in [1.82, 2.24) is 20.8 Å². The number of alkyl halides is 3. The Hall–Kier alpha value is -5.32. The van der Waals surface area contributed by atoms with E-state index in [0.717, 1.165) is 11.6 Å². The van der Waals surface area contributed by atoms with Gasteiger partial charge in [0.2, 0.25) is 5.95 Å². The molecule has 1 heterocycles. The van der Waals surface area contributed by atoms with Crippen molar-refractivity contribution in [2.24, 2.45) is 0 Å². The molecule has 0 bridgehead atoms. The molecule has 0 saturated carbocycles. The molecule has 0 aliphatic carbocycles. The van der Waals surface area contributed by atoms with Crippen molar-refractivity contribution < 1.29 is 27.6 Å². The van der Waals surface area contributed by atoms with Gasteiger partial charge in [-0.15, -0.1) is 0 Å². The van der Waals surface area contributed by atoms with Crippen molar-refractivity contribution in [3.05, 3.63) is 114 Å². The molecule has 0 radical (unpaired) electrons. The zero-order chi connectivity index (χ0) is 28.1. The lowest BCUT2D eigenvalue weighted by Crippen LogP contribution is -2.33. The molecule has 5 aromatic rings. The number of imidazole rings is 1. The van der Waals surface area contributed by atoms with Gasteiger partial charge in [0.25, 0.3) is 5.91 Å². The predicted octanol–water partition coefficient (Wildman–Crippen LogP) is 6.56. The van der Waals surface area contributed by atoms with Crippen molar-refractivity contribution in [3.8, 4) is 11.1 Å². The summed E-state index contributed by atoms with van der Waals surface area (Å²) < 4.78 is 41.5. The van der Waals surface area contributed by atoms with Crippen molar-refractivity contribution >= 4 is 34.7 Å². The summed E-state index contributed by atoms with van der Waals surface area (Å²) in [5.41, 5.74) is 3.72. The second-order valence-electron chi connectivity index (χ2n) is 8.73. The number of rotatable bonds is 6.